The van der Waals surface area contributed by atoms with Crippen molar-refractivity contribution in [1.29, 1.82) is 0 Å². The van der Waals surface area contributed by atoms with Crippen LogP contribution in [0.5, 0.6) is 0 Å². The first-order valence-electron chi connectivity index (χ1n) is 19.8. The van der Waals surface area contributed by atoms with Gasteiger partial charge < -0.3 is 9.80 Å². The number of fused-ring (bicyclic) bond motifs is 3. The second kappa shape index (κ2) is 15.5. The van der Waals surface area contributed by atoms with Gasteiger partial charge in [-0.25, -0.2) is 0 Å². The van der Waals surface area contributed by atoms with Gasteiger partial charge in [-0.15, -0.1) is 0 Å². The van der Waals surface area contributed by atoms with Gasteiger partial charge in [-0.3, -0.25) is 0 Å². The molecule has 0 radical (unpaired) electrons. The molecule has 0 amide bonds. The molecule has 0 aliphatic heterocycles. The van der Waals surface area contributed by atoms with Crippen molar-refractivity contribution in [3.63, 3.8) is 0 Å². The SMILES string of the molecule is c1ccc(-c2ccc(N(c3ccccc3)c3ccc(-c4cccc(N(c5ccc(-c6ccccc6)cc5)c5cc6ccccc6c6ccccc56)c4)cc3)cc2)cc1. The maximum absolute atomic E-state index is 2.41. The van der Waals surface area contributed by atoms with E-state index in [0.29, 0.717) is 0 Å². The Morgan fingerprint density at radius 2 is 0.586 bits per heavy atom. The second-order valence-electron chi connectivity index (χ2n) is 14.6. The minimum Gasteiger partial charge on any atom is -0.311 e. The van der Waals surface area contributed by atoms with Gasteiger partial charge in [-0.2, -0.15) is 0 Å². The van der Waals surface area contributed by atoms with Gasteiger partial charge in [0.2, 0.25) is 0 Å². The fourth-order valence-electron chi connectivity index (χ4n) is 8.17. The summed E-state index contributed by atoms with van der Waals surface area (Å²) in [4.78, 5) is 4.73. The van der Waals surface area contributed by atoms with Crippen LogP contribution in [0.2, 0.25) is 0 Å². The Morgan fingerprint density at radius 3 is 1.16 bits per heavy atom. The molecule has 2 heteroatoms. The second-order valence-corrected chi connectivity index (χ2v) is 14.6. The number of benzene rings is 10. The first kappa shape index (κ1) is 34.8. The highest BCUT2D eigenvalue weighted by molar-refractivity contribution is 6.14. The molecule has 10 rings (SSSR count). The Labute approximate surface area is 340 Å². The lowest BCUT2D eigenvalue weighted by Crippen LogP contribution is -2.11. The number of hydrogen-bond donors (Lipinski definition) is 0. The van der Waals surface area contributed by atoms with E-state index < -0.39 is 0 Å². The average Bonchev–Trinajstić information content (AvgIpc) is 3.31. The first-order valence-corrected chi connectivity index (χ1v) is 19.8. The minimum atomic E-state index is 1.10. The molecule has 0 saturated heterocycles. The van der Waals surface area contributed by atoms with Crippen LogP contribution in [-0.2, 0) is 0 Å². The third kappa shape index (κ3) is 6.78. The van der Waals surface area contributed by atoms with Crippen molar-refractivity contribution in [3.05, 3.63) is 243 Å². The zero-order chi connectivity index (χ0) is 38.7. The Kier molecular flexibility index (Phi) is 9.27. The summed E-state index contributed by atoms with van der Waals surface area (Å²) in [6, 6.07) is 87.2. The molecule has 0 aliphatic rings. The van der Waals surface area contributed by atoms with Crippen molar-refractivity contribution < 1.29 is 0 Å². The molecular formula is C56H40N2. The largest absolute Gasteiger partial charge is 0.311 e. The van der Waals surface area contributed by atoms with Crippen LogP contribution < -0.4 is 9.80 Å². The van der Waals surface area contributed by atoms with Crippen molar-refractivity contribution in [1.82, 2.24) is 0 Å². The average molecular weight is 741 g/mol. The summed E-state index contributed by atoms with van der Waals surface area (Å²) in [5.74, 6) is 0. The van der Waals surface area contributed by atoms with E-state index in [1.807, 2.05) is 0 Å². The van der Waals surface area contributed by atoms with Gasteiger partial charge in [-0.1, -0.05) is 176 Å². The Bertz CT molecular complexity index is 2960. The third-order valence-electron chi connectivity index (χ3n) is 11.0. The minimum absolute atomic E-state index is 1.10. The molecular weight excluding hydrogens is 701 g/mol. The van der Waals surface area contributed by atoms with Crippen molar-refractivity contribution in [2.24, 2.45) is 0 Å². The fourth-order valence-corrected chi connectivity index (χ4v) is 8.17. The Morgan fingerprint density at radius 1 is 0.207 bits per heavy atom. The van der Waals surface area contributed by atoms with Crippen molar-refractivity contribution >= 4 is 55.7 Å². The molecule has 58 heavy (non-hydrogen) atoms. The highest BCUT2D eigenvalue weighted by atomic mass is 15.1. The van der Waals surface area contributed by atoms with Gasteiger partial charge in [-0.05, 0) is 116 Å². The monoisotopic (exact) mass is 740 g/mol. The van der Waals surface area contributed by atoms with Crippen LogP contribution in [0.3, 0.4) is 0 Å². The lowest BCUT2D eigenvalue weighted by Gasteiger charge is -2.28. The summed E-state index contributed by atoms with van der Waals surface area (Å²) in [7, 11) is 0. The van der Waals surface area contributed by atoms with E-state index in [4.69, 9.17) is 0 Å². The van der Waals surface area contributed by atoms with Gasteiger partial charge in [0, 0.05) is 33.8 Å². The van der Waals surface area contributed by atoms with E-state index in [1.54, 1.807) is 0 Å². The molecule has 0 atom stereocenters. The quantitative estimate of drug-likeness (QED) is 0.136. The van der Waals surface area contributed by atoms with Crippen molar-refractivity contribution in [2.45, 2.75) is 0 Å². The van der Waals surface area contributed by atoms with Crippen LogP contribution in [0.25, 0.3) is 54.9 Å². The number of rotatable bonds is 9. The van der Waals surface area contributed by atoms with Crippen LogP contribution in [0.1, 0.15) is 0 Å². The molecule has 0 N–H and O–H groups in total. The summed E-state index contributed by atoms with van der Waals surface area (Å²) < 4.78 is 0. The molecule has 0 aromatic heterocycles. The van der Waals surface area contributed by atoms with Crippen molar-refractivity contribution in [2.75, 3.05) is 9.80 Å². The van der Waals surface area contributed by atoms with Gasteiger partial charge in [0.05, 0.1) is 5.69 Å². The van der Waals surface area contributed by atoms with Gasteiger partial charge in [0.15, 0.2) is 0 Å². The molecule has 274 valence electrons. The molecule has 0 fully saturated rings. The lowest BCUT2D eigenvalue weighted by molar-refractivity contribution is 1.28. The van der Waals surface area contributed by atoms with E-state index in [9.17, 15) is 0 Å². The first-order chi connectivity index (χ1) is 28.8. The standard InChI is InChI=1S/C56H40N2/c1-4-15-41(16-5-1)43-27-33-49(34-28-43)57(48-21-8-3-9-22-48)50-35-31-45(32-36-50)46-20-14-23-52(39-46)58(51-37-29-44(30-38-51)42-17-6-2-7-18-42)56-40-47-19-10-11-24-53(47)54-25-12-13-26-55(54)56/h1-40H. The maximum Gasteiger partial charge on any atom is 0.0546 e. The van der Waals surface area contributed by atoms with E-state index in [0.717, 1.165) is 45.3 Å². The molecule has 0 bridgehead atoms. The molecule has 10 aromatic carbocycles. The van der Waals surface area contributed by atoms with Crippen LogP contribution in [0.4, 0.5) is 34.1 Å². The molecule has 10 aromatic rings. The third-order valence-corrected chi connectivity index (χ3v) is 11.0. The van der Waals surface area contributed by atoms with E-state index in [-0.39, 0.29) is 0 Å². The molecule has 0 heterocycles. The highest BCUT2D eigenvalue weighted by Gasteiger charge is 2.19. The van der Waals surface area contributed by atoms with E-state index in [1.165, 1.54) is 43.8 Å². The van der Waals surface area contributed by atoms with Crippen LogP contribution >= 0.6 is 0 Å². The molecule has 0 spiro atoms. The van der Waals surface area contributed by atoms with E-state index >= 15 is 0 Å². The number of nitrogens with zero attached hydrogens (tertiary/aromatic N) is 2. The van der Waals surface area contributed by atoms with Crippen LogP contribution in [-0.4, -0.2) is 0 Å². The number of para-hydroxylation sites is 1. The summed E-state index contributed by atoms with van der Waals surface area (Å²) >= 11 is 0. The van der Waals surface area contributed by atoms with Crippen molar-refractivity contribution in [3.8, 4) is 33.4 Å². The molecule has 0 saturated carbocycles. The Hall–Kier alpha value is -7.68. The topological polar surface area (TPSA) is 6.48 Å². The van der Waals surface area contributed by atoms with Gasteiger partial charge >= 0.3 is 0 Å². The predicted molar refractivity (Wildman–Crippen MR) is 247 cm³/mol. The number of hydrogen-bond acceptors (Lipinski definition) is 2. The normalized spacial score (nSPS) is 11.1. The lowest BCUT2D eigenvalue weighted by atomic mass is 9.98. The molecule has 2 nitrogen and oxygen atoms in total. The van der Waals surface area contributed by atoms with Gasteiger partial charge in [0.25, 0.3) is 0 Å². The van der Waals surface area contributed by atoms with Gasteiger partial charge in [0.1, 0.15) is 0 Å². The number of anilines is 6. The molecule has 0 aliphatic carbocycles. The highest BCUT2D eigenvalue weighted by Crippen LogP contribution is 2.44. The fraction of sp³-hybridized carbons (Fsp3) is 0. The predicted octanol–water partition coefficient (Wildman–Crippen LogP) is 15.9. The zero-order valence-electron chi connectivity index (χ0n) is 32.0. The molecule has 0 unspecified atom stereocenters. The van der Waals surface area contributed by atoms with E-state index in [2.05, 4.69) is 252 Å². The summed E-state index contributed by atoms with van der Waals surface area (Å²) in [6.07, 6.45) is 0. The Balaban J connectivity index is 1.05. The smallest absolute Gasteiger partial charge is 0.0546 e. The zero-order valence-corrected chi connectivity index (χ0v) is 32.0. The summed E-state index contributed by atoms with van der Waals surface area (Å²) in [6.45, 7) is 0. The maximum atomic E-state index is 2.41. The van der Waals surface area contributed by atoms with Crippen LogP contribution in [0.15, 0.2) is 243 Å². The summed E-state index contributed by atoms with van der Waals surface area (Å²) in [5, 5.41) is 4.92. The summed E-state index contributed by atoms with van der Waals surface area (Å²) in [5.41, 5.74) is 13.8. The van der Waals surface area contributed by atoms with Crippen LogP contribution in [0, 0.1) is 0 Å².